The van der Waals surface area contributed by atoms with Crippen LogP contribution in [0.25, 0.3) is 5.82 Å². The first-order valence-corrected chi connectivity index (χ1v) is 9.33. The largest absolute Gasteiger partial charge is 0.325 e. The third-order valence-corrected chi connectivity index (χ3v) is 4.73. The number of amides is 1. The summed E-state index contributed by atoms with van der Waals surface area (Å²) in [7, 11) is 0. The van der Waals surface area contributed by atoms with E-state index in [1.165, 1.54) is 18.1 Å². The Morgan fingerprint density at radius 1 is 1.24 bits per heavy atom. The second-order valence-corrected chi connectivity index (χ2v) is 7.31. The zero-order chi connectivity index (χ0) is 17.8. The molecule has 25 heavy (non-hydrogen) atoms. The second kappa shape index (κ2) is 7.79. The molecule has 8 heteroatoms. The number of benzene rings is 1. The standard InChI is InChI=1S/C17H16BrN5OS/c1-11-6-12(2)23(22-11)15-8-17(20-10-19-15)25-9-16(24)21-14-5-3-4-13(18)7-14/h3-8,10H,9H2,1-2H3,(H,21,24). The number of hydrogen-bond donors (Lipinski definition) is 1. The van der Waals surface area contributed by atoms with Crippen molar-refractivity contribution in [1.29, 1.82) is 0 Å². The van der Waals surface area contributed by atoms with E-state index in [4.69, 9.17) is 0 Å². The molecule has 128 valence electrons. The zero-order valence-corrected chi connectivity index (χ0v) is 16.1. The third-order valence-electron chi connectivity index (χ3n) is 3.31. The number of hydrogen-bond acceptors (Lipinski definition) is 5. The lowest BCUT2D eigenvalue weighted by molar-refractivity contribution is -0.113. The monoisotopic (exact) mass is 417 g/mol. The first-order valence-electron chi connectivity index (χ1n) is 7.55. The van der Waals surface area contributed by atoms with Gasteiger partial charge < -0.3 is 5.32 Å². The number of anilines is 1. The Bertz CT molecular complexity index is 912. The zero-order valence-electron chi connectivity index (χ0n) is 13.7. The van der Waals surface area contributed by atoms with E-state index >= 15 is 0 Å². The predicted molar refractivity (Wildman–Crippen MR) is 102 cm³/mol. The van der Waals surface area contributed by atoms with Crippen LogP contribution in [0.2, 0.25) is 0 Å². The van der Waals surface area contributed by atoms with Crippen LogP contribution in [0.5, 0.6) is 0 Å². The van der Waals surface area contributed by atoms with Crippen molar-refractivity contribution in [2.45, 2.75) is 18.9 Å². The summed E-state index contributed by atoms with van der Waals surface area (Å²) in [6, 6.07) is 11.3. The summed E-state index contributed by atoms with van der Waals surface area (Å²) in [5.41, 5.74) is 2.68. The molecule has 3 rings (SSSR count). The van der Waals surface area contributed by atoms with Crippen LogP contribution < -0.4 is 5.32 Å². The number of carbonyl (C=O) groups is 1. The maximum atomic E-state index is 12.1. The van der Waals surface area contributed by atoms with E-state index in [2.05, 4.69) is 36.3 Å². The van der Waals surface area contributed by atoms with E-state index in [0.29, 0.717) is 5.82 Å². The molecule has 6 nitrogen and oxygen atoms in total. The van der Waals surface area contributed by atoms with Crippen molar-refractivity contribution in [2.75, 3.05) is 11.1 Å². The fourth-order valence-corrected chi connectivity index (χ4v) is 3.35. The fraction of sp³-hybridized carbons (Fsp3) is 0.176. The van der Waals surface area contributed by atoms with Crippen LogP contribution in [0.4, 0.5) is 5.69 Å². The molecule has 1 amide bonds. The average molecular weight is 418 g/mol. The van der Waals surface area contributed by atoms with Gasteiger partial charge in [-0.15, -0.1) is 0 Å². The van der Waals surface area contributed by atoms with E-state index in [9.17, 15) is 4.79 Å². The molecule has 3 aromatic rings. The van der Waals surface area contributed by atoms with Gasteiger partial charge in [0.15, 0.2) is 5.82 Å². The van der Waals surface area contributed by atoms with E-state index in [1.54, 1.807) is 4.68 Å². The lowest BCUT2D eigenvalue weighted by atomic mass is 10.3. The molecule has 0 aliphatic rings. The number of rotatable bonds is 5. The van der Waals surface area contributed by atoms with Gasteiger partial charge >= 0.3 is 0 Å². The first-order chi connectivity index (χ1) is 12.0. The normalized spacial score (nSPS) is 10.7. The van der Waals surface area contributed by atoms with Crippen molar-refractivity contribution < 1.29 is 4.79 Å². The molecule has 0 atom stereocenters. The minimum absolute atomic E-state index is 0.0885. The molecule has 0 bridgehead atoms. The highest BCUT2D eigenvalue weighted by molar-refractivity contribution is 9.10. The number of nitrogens with zero attached hydrogens (tertiary/aromatic N) is 4. The van der Waals surface area contributed by atoms with Crippen LogP contribution in [0.3, 0.4) is 0 Å². The molecule has 0 aliphatic heterocycles. The number of nitrogens with one attached hydrogen (secondary N) is 1. The van der Waals surface area contributed by atoms with Crippen molar-refractivity contribution in [3.8, 4) is 5.82 Å². The minimum Gasteiger partial charge on any atom is -0.325 e. The van der Waals surface area contributed by atoms with Crippen molar-refractivity contribution in [3.05, 3.63) is 58.6 Å². The highest BCUT2D eigenvalue weighted by Crippen LogP contribution is 2.19. The first kappa shape index (κ1) is 17.6. The van der Waals surface area contributed by atoms with Crippen LogP contribution in [-0.4, -0.2) is 31.4 Å². The van der Waals surface area contributed by atoms with Gasteiger partial charge in [0, 0.05) is 21.9 Å². The molecule has 0 spiro atoms. The Morgan fingerprint density at radius 3 is 2.80 bits per heavy atom. The van der Waals surface area contributed by atoms with Crippen molar-refractivity contribution in [2.24, 2.45) is 0 Å². The maximum absolute atomic E-state index is 12.1. The molecule has 0 unspecified atom stereocenters. The molecular formula is C17H16BrN5OS. The number of halogens is 1. The van der Waals surface area contributed by atoms with Gasteiger partial charge in [-0.3, -0.25) is 4.79 Å². The number of aryl methyl sites for hydroxylation is 2. The maximum Gasteiger partial charge on any atom is 0.234 e. The summed E-state index contributed by atoms with van der Waals surface area (Å²) >= 11 is 4.74. The van der Waals surface area contributed by atoms with Gasteiger partial charge in [0.25, 0.3) is 0 Å². The molecule has 1 N–H and O–H groups in total. The quantitative estimate of drug-likeness (QED) is 0.505. The summed E-state index contributed by atoms with van der Waals surface area (Å²) in [6.45, 7) is 3.91. The molecule has 0 saturated heterocycles. The molecule has 0 fully saturated rings. The summed E-state index contributed by atoms with van der Waals surface area (Å²) in [5, 5.41) is 8.00. The van der Waals surface area contributed by atoms with E-state index in [-0.39, 0.29) is 11.7 Å². The summed E-state index contributed by atoms with van der Waals surface area (Å²) in [5.74, 6) is 0.866. The summed E-state index contributed by atoms with van der Waals surface area (Å²) in [4.78, 5) is 20.6. The van der Waals surface area contributed by atoms with Crippen molar-refractivity contribution in [1.82, 2.24) is 19.7 Å². The second-order valence-electron chi connectivity index (χ2n) is 5.40. The van der Waals surface area contributed by atoms with Crippen LogP contribution >= 0.6 is 27.7 Å². The Labute approximate surface area is 158 Å². The third kappa shape index (κ3) is 4.67. The molecule has 2 heterocycles. The molecule has 0 radical (unpaired) electrons. The van der Waals surface area contributed by atoms with Crippen LogP contribution in [-0.2, 0) is 4.79 Å². The summed E-state index contributed by atoms with van der Waals surface area (Å²) < 4.78 is 2.69. The Morgan fingerprint density at radius 2 is 2.08 bits per heavy atom. The van der Waals surface area contributed by atoms with Gasteiger partial charge in [0.05, 0.1) is 11.4 Å². The molecule has 0 saturated carbocycles. The SMILES string of the molecule is Cc1cc(C)n(-c2cc(SCC(=O)Nc3cccc(Br)c3)ncn2)n1. The van der Waals surface area contributed by atoms with E-state index < -0.39 is 0 Å². The average Bonchev–Trinajstić information content (AvgIpc) is 2.92. The van der Waals surface area contributed by atoms with Crippen LogP contribution in [0.1, 0.15) is 11.4 Å². The van der Waals surface area contributed by atoms with E-state index in [0.717, 1.165) is 26.6 Å². The molecule has 2 aromatic heterocycles. The Balaban J connectivity index is 1.64. The van der Waals surface area contributed by atoms with Gasteiger partial charge in [-0.2, -0.15) is 5.10 Å². The highest BCUT2D eigenvalue weighted by Gasteiger charge is 2.09. The fourth-order valence-electron chi connectivity index (χ4n) is 2.29. The van der Waals surface area contributed by atoms with Gasteiger partial charge in [0.1, 0.15) is 11.4 Å². The van der Waals surface area contributed by atoms with Crippen molar-refractivity contribution in [3.63, 3.8) is 0 Å². The Kier molecular flexibility index (Phi) is 5.50. The lowest BCUT2D eigenvalue weighted by Crippen LogP contribution is -2.14. The summed E-state index contributed by atoms with van der Waals surface area (Å²) in [6.07, 6.45) is 1.49. The smallest absolute Gasteiger partial charge is 0.234 e. The highest BCUT2D eigenvalue weighted by atomic mass is 79.9. The molecule has 1 aromatic carbocycles. The van der Waals surface area contributed by atoms with Crippen molar-refractivity contribution >= 4 is 39.3 Å². The van der Waals surface area contributed by atoms with Crippen LogP contribution in [0, 0.1) is 13.8 Å². The molecular weight excluding hydrogens is 402 g/mol. The van der Waals surface area contributed by atoms with Gasteiger partial charge in [-0.1, -0.05) is 33.8 Å². The van der Waals surface area contributed by atoms with Gasteiger partial charge in [-0.05, 0) is 38.1 Å². The Hall–Kier alpha value is -2.19. The number of aromatic nitrogens is 4. The molecule has 0 aliphatic carbocycles. The van der Waals surface area contributed by atoms with Gasteiger partial charge in [-0.25, -0.2) is 14.6 Å². The van der Waals surface area contributed by atoms with Gasteiger partial charge in [0.2, 0.25) is 5.91 Å². The number of thioether (sulfide) groups is 1. The predicted octanol–water partition coefficient (Wildman–Crippen LogP) is 3.77. The van der Waals surface area contributed by atoms with Crippen LogP contribution in [0.15, 0.2) is 52.2 Å². The van der Waals surface area contributed by atoms with E-state index in [1.807, 2.05) is 50.2 Å². The number of carbonyl (C=O) groups excluding carboxylic acids is 1. The topological polar surface area (TPSA) is 72.7 Å². The minimum atomic E-state index is -0.0885. The lowest BCUT2D eigenvalue weighted by Gasteiger charge is -2.07.